The molecule has 8 heteroatoms. The van der Waals surface area contributed by atoms with Crippen LogP contribution in [0, 0.1) is 0 Å². The molecule has 1 aliphatic rings. The van der Waals surface area contributed by atoms with Gasteiger partial charge >= 0.3 is 5.97 Å². The van der Waals surface area contributed by atoms with E-state index in [-0.39, 0.29) is 30.8 Å². The van der Waals surface area contributed by atoms with Crippen molar-refractivity contribution in [2.75, 3.05) is 19.7 Å². The fraction of sp³-hybridized carbons (Fsp3) is 0.261. The Morgan fingerprint density at radius 1 is 1.00 bits per heavy atom. The van der Waals surface area contributed by atoms with Crippen molar-refractivity contribution in [1.29, 1.82) is 0 Å². The largest absolute Gasteiger partial charge is 0.482 e. The molecule has 0 aromatic heterocycles. The van der Waals surface area contributed by atoms with Gasteiger partial charge in [0, 0.05) is 18.5 Å². The average molecular weight is 442 g/mol. The van der Waals surface area contributed by atoms with E-state index in [1.165, 1.54) is 4.31 Å². The fourth-order valence-corrected chi connectivity index (χ4v) is 5.62. The molecular weight excluding hydrogens is 418 g/mol. The molecule has 3 aromatic rings. The van der Waals surface area contributed by atoms with Crippen LogP contribution in [-0.4, -0.2) is 48.6 Å². The van der Waals surface area contributed by atoms with Crippen molar-refractivity contribution in [2.45, 2.75) is 23.3 Å². The SMILES string of the molecule is O=C(O)COc1cccc(C2(O)CCN(S(=O)(=O)c3cccc4ccccc34)CC2)c1. The molecule has 1 saturated heterocycles. The van der Waals surface area contributed by atoms with Crippen LogP contribution >= 0.6 is 0 Å². The number of benzene rings is 3. The number of carboxylic acid groups (broad SMARTS) is 1. The monoisotopic (exact) mass is 441 g/mol. The van der Waals surface area contributed by atoms with Gasteiger partial charge in [0.25, 0.3) is 0 Å². The van der Waals surface area contributed by atoms with E-state index < -0.39 is 28.2 Å². The smallest absolute Gasteiger partial charge is 0.341 e. The van der Waals surface area contributed by atoms with Crippen LogP contribution in [0.3, 0.4) is 0 Å². The van der Waals surface area contributed by atoms with Crippen LogP contribution in [0.4, 0.5) is 0 Å². The van der Waals surface area contributed by atoms with Crippen LogP contribution in [0.5, 0.6) is 5.75 Å². The van der Waals surface area contributed by atoms with Gasteiger partial charge in [-0.2, -0.15) is 4.31 Å². The van der Waals surface area contributed by atoms with Crippen LogP contribution < -0.4 is 4.74 Å². The van der Waals surface area contributed by atoms with Gasteiger partial charge in [-0.25, -0.2) is 13.2 Å². The fourth-order valence-electron chi connectivity index (χ4n) is 3.97. The molecule has 0 bridgehead atoms. The van der Waals surface area contributed by atoms with Crippen LogP contribution in [0.25, 0.3) is 10.8 Å². The molecule has 31 heavy (non-hydrogen) atoms. The highest BCUT2D eigenvalue weighted by Crippen LogP contribution is 2.37. The number of carboxylic acids is 1. The van der Waals surface area contributed by atoms with E-state index in [1.54, 1.807) is 42.5 Å². The Hall–Kier alpha value is -2.94. The zero-order valence-corrected chi connectivity index (χ0v) is 17.6. The van der Waals surface area contributed by atoms with Gasteiger partial charge in [-0.05, 0) is 42.0 Å². The first-order valence-corrected chi connectivity index (χ1v) is 11.4. The first kappa shape index (κ1) is 21.3. The Morgan fingerprint density at radius 3 is 2.42 bits per heavy atom. The molecule has 0 aliphatic carbocycles. The van der Waals surface area contributed by atoms with Crippen molar-refractivity contribution in [3.8, 4) is 5.75 Å². The number of fused-ring (bicyclic) bond motifs is 1. The number of hydrogen-bond acceptors (Lipinski definition) is 5. The third-order valence-electron chi connectivity index (χ3n) is 5.65. The third-order valence-corrected chi connectivity index (χ3v) is 7.61. The lowest BCUT2D eigenvalue weighted by Gasteiger charge is -2.38. The topological polar surface area (TPSA) is 104 Å². The minimum Gasteiger partial charge on any atom is -0.482 e. The number of rotatable bonds is 6. The third kappa shape index (κ3) is 4.27. The zero-order valence-electron chi connectivity index (χ0n) is 16.8. The molecular formula is C23H23NO6S. The van der Waals surface area contributed by atoms with Crippen molar-refractivity contribution in [2.24, 2.45) is 0 Å². The maximum atomic E-state index is 13.3. The Kier molecular flexibility index (Phi) is 5.70. The van der Waals surface area contributed by atoms with Crippen molar-refractivity contribution >= 4 is 26.8 Å². The van der Waals surface area contributed by atoms with Crippen LogP contribution in [0.1, 0.15) is 18.4 Å². The number of nitrogens with zero attached hydrogens (tertiary/aromatic N) is 1. The van der Waals surface area contributed by atoms with Gasteiger partial charge in [0.1, 0.15) is 5.75 Å². The van der Waals surface area contributed by atoms with E-state index in [2.05, 4.69) is 0 Å². The number of ether oxygens (including phenoxy) is 1. The highest BCUT2D eigenvalue weighted by molar-refractivity contribution is 7.89. The number of hydrogen-bond donors (Lipinski definition) is 2. The first-order valence-electron chi connectivity index (χ1n) is 9.95. The van der Waals surface area contributed by atoms with Gasteiger partial charge in [-0.3, -0.25) is 0 Å². The van der Waals surface area contributed by atoms with Gasteiger partial charge in [-0.1, -0.05) is 48.5 Å². The summed E-state index contributed by atoms with van der Waals surface area (Å²) in [5, 5.41) is 21.5. The van der Waals surface area contributed by atoms with Crippen molar-refractivity contribution < 1.29 is 28.2 Å². The maximum Gasteiger partial charge on any atom is 0.341 e. The van der Waals surface area contributed by atoms with Crippen molar-refractivity contribution in [3.05, 3.63) is 72.3 Å². The lowest BCUT2D eigenvalue weighted by atomic mass is 9.85. The van der Waals surface area contributed by atoms with Crippen LogP contribution in [0.2, 0.25) is 0 Å². The van der Waals surface area contributed by atoms with Crippen LogP contribution in [0.15, 0.2) is 71.6 Å². The second kappa shape index (κ2) is 8.30. The Balaban J connectivity index is 1.54. The Bertz CT molecular complexity index is 1210. The molecule has 1 fully saturated rings. The molecule has 0 unspecified atom stereocenters. The number of aliphatic hydroxyl groups is 1. The van der Waals surface area contributed by atoms with Crippen LogP contribution in [-0.2, 0) is 20.4 Å². The van der Waals surface area contributed by atoms with E-state index in [1.807, 2.05) is 24.3 Å². The molecule has 3 aromatic carbocycles. The zero-order chi connectivity index (χ0) is 22.1. The molecule has 2 N–H and O–H groups in total. The summed E-state index contributed by atoms with van der Waals surface area (Å²) in [4.78, 5) is 11.0. The second-order valence-corrected chi connectivity index (χ2v) is 9.53. The molecule has 162 valence electrons. The molecule has 4 rings (SSSR count). The Labute approximate surface area is 180 Å². The second-order valence-electron chi connectivity index (χ2n) is 7.62. The maximum absolute atomic E-state index is 13.3. The summed E-state index contributed by atoms with van der Waals surface area (Å²) in [5.41, 5.74) is -0.634. The molecule has 0 atom stereocenters. The van der Waals surface area contributed by atoms with Gasteiger partial charge in [-0.15, -0.1) is 0 Å². The summed E-state index contributed by atoms with van der Waals surface area (Å²) in [5.74, 6) is -0.741. The predicted molar refractivity (Wildman–Crippen MR) is 115 cm³/mol. The number of carbonyl (C=O) groups is 1. The summed E-state index contributed by atoms with van der Waals surface area (Å²) < 4.78 is 33.3. The quantitative estimate of drug-likeness (QED) is 0.610. The standard InChI is InChI=1S/C23H23NO6S/c25-22(26)16-30-19-8-4-7-18(15-19)23(27)11-13-24(14-12-23)31(28,29)21-10-3-6-17-5-1-2-9-20(17)21/h1-10,15,27H,11-14,16H2,(H,25,26). The van der Waals surface area contributed by atoms with E-state index in [0.29, 0.717) is 16.7 Å². The molecule has 0 spiro atoms. The average Bonchev–Trinajstić information content (AvgIpc) is 2.78. The number of sulfonamides is 1. The summed E-state index contributed by atoms with van der Waals surface area (Å²) in [6, 6.07) is 19.2. The van der Waals surface area contributed by atoms with Gasteiger partial charge in [0.15, 0.2) is 6.61 Å². The van der Waals surface area contributed by atoms with E-state index in [0.717, 1.165) is 5.39 Å². The molecule has 0 radical (unpaired) electrons. The molecule has 0 amide bonds. The van der Waals surface area contributed by atoms with E-state index >= 15 is 0 Å². The van der Waals surface area contributed by atoms with Crippen molar-refractivity contribution in [1.82, 2.24) is 4.31 Å². The minimum absolute atomic E-state index is 0.169. The van der Waals surface area contributed by atoms with E-state index in [4.69, 9.17) is 9.84 Å². The summed E-state index contributed by atoms with van der Waals surface area (Å²) in [7, 11) is -3.72. The summed E-state index contributed by atoms with van der Waals surface area (Å²) in [6.45, 7) is -0.135. The predicted octanol–water partition coefficient (Wildman–Crippen LogP) is 2.98. The highest BCUT2D eigenvalue weighted by atomic mass is 32.2. The summed E-state index contributed by atoms with van der Waals surface area (Å²) >= 11 is 0. The normalized spacial score (nSPS) is 16.8. The molecule has 1 heterocycles. The molecule has 7 nitrogen and oxygen atoms in total. The van der Waals surface area contributed by atoms with Gasteiger partial charge < -0.3 is 14.9 Å². The van der Waals surface area contributed by atoms with Gasteiger partial charge in [0.2, 0.25) is 10.0 Å². The first-order chi connectivity index (χ1) is 14.8. The summed E-state index contributed by atoms with van der Waals surface area (Å²) in [6.07, 6.45) is 0.443. The van der Waals surface area contributed by atoms with E-state index in [9.17, 15) is 18.3 Å². The lowest BCUT2D eigenvalue weighted by molar-refractivity contribution is -0.139. The molecule has 0 saturated carbocycles. The minimum atomic E-state index is -3.72. The Morgan fingerprint density at radius 2 is 1.68 bits per heavy atom. The van der Waals surface area contributed by atoms with Gasteiger partial charge in [0.05, 0.1) is 10.5 Å². The number of aliphatic carboxylic acids is 1. The highest BCUT2D eigenvalue weighted by Gasteiger charge is 2.38. The molecule has 1 aliphatic heterocycles. The lowest BCUT2D eigenvalue weighted by Crippen LogP contribution is -2.45. The number of piperidine rings is 1. The van der Waals surface area contributed by atoms with Crippen molar-refractivity contribution in [3.63, 3.8) is 0 Å².